The van der Waals surface area contributed by atoms with Crippen LogP contribution in [0.1, 0.15) is 20.8 Å². The highest BCUT2D eigenvalue weighted by Gasteiger charge is 2.18. The number of likely N-dealkylation sites (N-methyl/N-ethyl adjacent to an activating group) is 1. The van der Waals surface area contributed by atoms with Gasteiger partial charge in [0.05, 0.1) is 0 Å². The van der Waals surface area contributed by atoms with Crippen molar-refractivity contribution in [3.8, 4) is 12.3 Å². The Morgan fingerprint density at radius 3 is 2.08 bits per heavy atom. The fourth-order valence-electron chi connectivity index (χ4n) is 1.02. The van der Waals surface area contributed by atoms with Gasteiger partial charge in [0.15, 0.2) is 6.29 Å². The largest absolute Gasteiger partial charge is 0.350 e. The van der Waals surface area contributed by atoms with Crippen LogP contribution in [0.2, 0.25) is 0 Å². The summed E-state index contributed by atoms with van der Waals surface area (Å²) in [6.45, 7) is 7.87. The van der Waals surface area contributed by atoms with E-state index in [9.17, 15) is 0 Å². The Kier molecular flexibility index (Phi) is 7.71. The van der Waals surface area contributed by atoms with E-state index in [-0.39, 0.29) is 12.3 Å². The highest BCUT2D eigenvalue weighted by atomic mass is 16.7. The van der Waals surface area contributed by atoms with Crippen LogP contribution in [0.4, 0.5) is 0 Å². The predicted octanol–water partition coefficient (Wildman–Crippen LogP) is 0.997. The Balaban J connectivity index is 4.05. The van der Waals surface area contributed by atoms with Crippen molar-refractivity contribution in [3.63, 3.8) is 0 Å². The molecule has 0 rings (SSSR count). The molecule has 1 atom stereocenters. The van der Waals surface area contributed by atoms with Crippen molar-refractivity contribution >= 4 is 0 Å². The van der Waals surface area contributed by atoms with Gasteiger partial charge < -0.3 is 9.47 Å². The molecule has 1 unspecified atom stereocenters. The fourth-order valence-corrected chi connectivity index (χ4v) is 1.02. The van der Waals surface area contributed by atoms with Crippen LogP contribution in [0, 0.1) is 12.3 Å². The van der Waals surface area contributed by atoms with Crippen LogP contribution in [0.3, 0.4) is 0 Å². The number of ether oxygens (including phenoxy) is 2. The summed E-state index contributed by atoms with van der Waals surface area (Å²) in [5, 5.41) is 3.12. The molecule has 0 aromatic heterocycles. The average molecular weight is 185 g/mol. The molecule has 0 bridgehead atoms. The zero-order chi connectivity index (χ0) is 10.1. The summed E-state index contributed by atoms with van der Waals surface area (Å²) in [6, 6.07) is -0.162. The molecule has 0 amide bonds. The molecule has 0 aliphatic rings. The van der Waals surface area contributed by atoms with Crippen molar-refractivity contribution in [1.29, 1.82) is 0 Å². The quantitative estimate of drug-likeness (QED) is 0.474. The van der Waals surface area contributed by atoms with E-state index in [2.05, 4.69) is 11.2 Å². The molecule has 0 heterocycles. The number of hydrogen-bond acceptors (Lipinski definition) is 3. The van der Waals surface area contributed by atoms with E-state index in [0.717, 1.165) is 6.54 Å². The topological polar surface area (TPSA) is 30.5 Å². The summed E-state index contributed by atoms with van der Waals surface area (Å²) in [7, 11) is 0. The van der Waals surface area contributed by atoms with Crippen molar-refractivity contribution in [3.05, 3.63) is 0 Å². The van der Waals surface area contributed by atoms with E-state index in [1.165, 1.54) is 0 Å². The Labute approximate surface area is 80.8 Å². The number of nitrogens with one attached hydrogen (secondary N) is 1. The lowest BCUT2D eigenvalue weighted by Crippen LogP contribution is -2.42. The van der Waals surface area contributed by atoms with Crippen LogP contribution in [0.5, 0.6) is 0 Å². The normalized spacial score (nSPS) is 12.8. The van der Waals surface area contributed by atoms with Crippen LogP contribution in [-0.4, -0.2) is 32.1 Å². The lowest BCUT2D eigenvalue weighted by atomic mass is 10.3. The maximum absolute atomic E-state index is 5.36. The number of hydrogen-bond donors (Lipinski definition) is 1. The van der Waals surface area contributed by atoms with Gasteiger partial charge in [-0.2, -0.15) is 0 Å². The Hall–Kier alpha value is -0.560. The Morgan fingerprint density at radius 2 is 1.77 bits per heavy atom. The molecule has 3 heteroatoms. The summed E-state index contributed by atoms with van der Waals surface area (Å²) in [6.07, 6.45) is 5.01. The molecule has 0 aromatic carbocycles. The number of rotatable bonds is 7. The zero-order valence-corrected chi connectivity index (χ0v) is 8.67. The van der Waals surface area contributed by atoms with Crippen molar-refractivity contribution in [2.24, 2.45) is 0 Å². The fraction of sp³-hybridized carbons (Fsp3) is 0.800. The molecule has 0 saturated carbocycles. The molecular formula is C10H19NO2. The van der Waals surface area contributed by atoms with Gasteiger partial charge in [-0.25, -0.2) is 0 Å². The third-order valence-electron chi connectivity index (χ3n) is 1.54. The van der Waals surface area contributed by atoms with E-state index >= 15 is 0 Å². The van der Waals surface area contributed by atoms with Gasteiger partial charge in [0.2, 0.25) is 0 Å². The molecule has 13 heavy (non-hydrogen) atoms. The Bertz CT molecular complexity index is 147. The third kappa shape index (κ3) is 4.89. The van der Waals surface area contributed by atoms with Gasteiger partial charge in [-0.3, -0.25) is 5.32 Å². The maximum Gasteiger partial charge on any atom is 0.184 e. The van der Waals surface area contributed by atoms with Crippen LogP contribution in [-0.2, 0) is 9.47 Å². The van der Waals surface area contributed by atoms with Crippen molar-refractivity contribution < 1.29 is 9.47 Å². The van der Waals surface area contributed by atoms with Crippen molar-refractivity contribution in [1.82, 2.24) is 5.32 Å². The Morgan fingerprint density at radius 1 is 1.23 bits per heavy atom. The van der Waals surface area contributed by atoms with E-state index in [4.69, 9.17) is 15.9 Å². The van der Waals surface area contributed by atoms with Crippen LogP contribution in [0.25, 0.3) is 0 Å². The van der Waals surface area contributed by atoms with E-state index in [1.807, 2.05) is 20.8 Å². The molecule has 76 valence electrons. The summed E-state index contributed by atoms with van der Waals surface area (Å²) in [4.78, 5) is 0. The summed E-state index contributed by atoms with van der Waals surface area (Å²) in [5.41, 5.74) is 0. The second-order valence-electron chi connectivity index (χ2n) is 2.48. The van der Waals surface area contributed by atoms with Gasteiger partial charge in [-0.1, -0.05) is 12.8 Å². The zero-order valence-electron chi connectivity index (χ0n) is 8.67. The van der Waals surface area contributed by atoms with E-state index in [0.29, 0.717) is 13.2 Å². The second-order valence-corrected chi connectivity index (χ2v) is 2.48. The first-order valence-corrected chi connectivity index (χ1v) is 4.72. The minimum Gasteiger partial charge on any atom is -0.350 e. The molecule has 0 aliphatic heterocycles. The van der Waals surface area contributed by atoms with Crippen LogP contribution < -0.4 is 5.32 Å². The van der Waals surface area contributed by atoms with Gasteiger partial charge in [-0.15, -0.1) is 6.42 Å². The van der Waals surface area contributed by atoms with E-state index < -0.39 is 0 Å². The predicted molar refractivity (Wildman–Crippen MR) is 53.3 cm³/mol. The average Bonchev–Trinajstić information content (AvgIpc) is 2.14. The lowest BCUT2D eigenvalue weighted by molar-refractivity contribution is -0.144. The molecular weight excluding hydrogens is 166 g/mol. The monoisotopic (exact) mass is 185 g/mol. The van der Waals surface area contributed by atoms with Gasteiger partial charge in [-0.05, 0) is 20.4 Å². The third-order valence-corrected chi connectivity index (χ3v) is 1.54. The van der Waals surface area contributed by atoms with Crippen LogP contribution in [0.15, 0.2) is 0 Å². The first kappa shape index (κ1) is 12.4. The highest BCUT2D eigenvalue weighted by molar-refractivity contribution is 5.00. The standard InChI is InChI=1S/C10H19NO2/c1-5-9(11-6-2)10(12-7-3)13-8-4/h1,9-11H,6-8H2,2-4H3. The lowest BCUT2D eigenvalue weighted by Gasteiger charge is -2.23. The van der Waals surface area contributed by atoms with Gasteiger partial charge >= 0.3 is 0 Å². The van der Waals surface area contributed by atoms with Gasteiger partial charge in [0.1, 0.15) is 6.04 Å². The number of terminal acetylenes is 1. The second kappa shape index (κ2) is 8.06. The molecule has 0 radical (unpaired) electrons. The molecule has 3 nitrogen and oxygen atoms in total. The summed E-state index contributed by atoms with van der Waals surface area (Å²) in [5.74, 6) is 2.61. The smallest absolute Gasteiger partial charge is 0.184 e. The van der Waals surface area contributed by atoms with Gasteiger partial charge in [0, 0.05) is 13.2 Å². The molecule has 0 fully saturated rings. The molecule has 0 aliphatic carbocycles. The summed E-state index contributed by atoms with van der Waals surface area (Å²) < 4.78 is 10.7. The molecule has 1 N–H and O–H groups in total. The highest BCUT2D eigenvalue weighted by Crippen LogP contribution is 2.01. The van der Waals surface area contributed by atoms with Crippen molar-refractivity contribution in [2.45, 2.75) is 33.1 Å². The van der Waals surface area contributed by atoms with E-state index in [1.54, 1.807) is 0 Å². The first-order chi connectivity index (χ1) is 6.29. The minimum atomic E-state index is -0.333. The minimum absolute atomic E-state index is 0.162. The van der Waals surface area contributed by atoms with Gasteiger partial charge in [0.25, 0.3) is 0 Å². The molecule has 0 aromatic rings. The first-order valence-electron chi connectivity index (χ1n) is 4.72. The SMILES string of the molecule is C#CC(NCC)C(OCC)OCC. The van der Waals surface area contributed by atoms with Crippen LogP contribution >= 0.6 is 0 Å². The summed E-state index contributed by atoms with van der Waals surface area (Å²) >= 11 is 0. The molecule has 0 spiro atoms. The van der Waals surface area contributed by atoms with Crippen molar-refractivity contribution in [2.75, 3.05) is 19.8 Å². The molecule has 0 saturated heterocycles. The maximum atomic E-state index is 5.36.